The first-order valence-electron chi connectivity index (χ1n) is 3.27. The Hall–Kier alpha value is -0.540. The average molecular weight is 183 g/mol. The fraction of sp³-hybridized carbons (Fsp3) is 0.125. The zero-order chi connectivity index (χ0) is 8.10. The van der Waals surface area contributed by atoms with E-state index in [1.165, 1.54) is 4.90 Å². The van der Waals surface area contributed by atoms with Gasteiger partial charge in [0.05, 0.1) is 0 Å². The van der Waals surface area contributed by atoms with Crippen molar-refractivity contribution in [2.75, 3.05) is 7.05 Å². The SMILES string of the molecule is CNC(=S)Sc1ccccc1. The lowest BCUT2D eigenvalue weighted by Gasteiger charge is -2.00. The standard InChI is InChI=1S/C8H9NS2/c1-9-8(10)11-7-5-3-2-4-6-7/h2-6H,1H3,(H,9,10). The van der Waals surface area contributed by atoms with Gasteiger partial charge >= 0.3 is 0 Å². The molecule has 0 bridgehead atoms. The summed E-state index contributed by atoms with van der Waals surface area (Å²) in [6.07, 6.45) is 0. The number of thiocarbonyl (C=S) groups is 1. The van der Waals surface area contributed by atoms with Gasteiger partial charge in [0.25, 0.3) is 0 Å². The van der Waals surface area contributed by atoms with Gasteiger partial charge in [-0.15, -0.1) is 0 Å². The van der Waals surface area contributed by atoms with Crippen LogP contribution in [-0.2, 0) is 0 Å². The van der Waals surface area contributed by atoms with Crippen LogP contribution in [0.2, 0.25) is 0 Å². The van der Waals surface area contributed by atoms with Crippen LogP contribution in [0.4, 0.5) is 0 Å². The van der Waals surface area contributed by atoms with Crippen LogP contribution in [0.3, 0.4) is 0 Å². The predicted molar refractivity (Wildman–Crippen MR) is 54.0 cm³/mol. The zero-order valence-electron chi connectivity index (χ0n) is 6.20. The molecule has 0 aromatic heterocycles. The fourth-order valence-corrected chi connectivity index (χ4v) is 1.54. The zero-order valence-corrected chi connectivity index (χ0v) is 7.84. The summed E-state index contributed by atoms with van der Waals surface area (Å²) in [5, 5.41) is 2.91. The smallest absolute Gasteiger partial charge is 0.138 e. The molecule has 0 fully saturated rings. The average Bonchev–Trinajstić information content (AvgIpc) is 2.06. The molecule has 0 saturated heterocycles. The van der Waals surface area contributed by atoms with Crippen LogP contribution in [-0.4, -0.2) is 11.4 Å². The Morgan fingerprint density at radius 1 is 1.36 bits per heavy atom. The quantitative estimate of drug-likeness (QED) is 0.530. The highest BCUT2D eigenvalue weighted by atomic mass is 32.2. The van der Waals surface area contributed by atoms with Crippen molar-refractivity contribution in [3.63, 3.8) is 0 Å². The minimum absolute atomic E-state index is 0.802. The molecule has 0 saturated carbocycles. The van der Waals surface area contributed by atoms with E-state index in [1.807, 2.05) is 37.4 Å². The molecule has 1 nitrogen and oxygen atoms in total. The molecule has 11 heavy (non-hydrogen) atoms. The third kappa shape index (κ3) is 2.91. The van der Waals surface area contributed by atoms with Gasteiger partial charge in [-0.25, -0.2) is 0 Å². The van der Waals surface area contributed by atoms with Crippen LogP contribution in [0, 0.1) is 0 Å². The second kappa shape index (κ2) is 4.36. The molecule has 0 unspecified atom stereocenters. The summed E-state index contributed by atoms with van der Waals surface area (Å²) >= 11 is 6.55. The van der Waals surface area contributed by atoms with Gasteiger partial charge in [-0.2, -0.15) is 0 Å². The molecule has 1 aromatic rings. The van der Waals surface area contributed by atoms with Crippen molar-refractivity contribution in [1.29, 1.82) is 0 Å². The molecule has 0 amide bonds. The number of hydrogen-bond acceptors (Lipinski definition) is 2. The molecule has 58 valence electrons. The van der Waals surface area contributed by atoms with E-state index >= 15 is 0 Å². The Morgan fingerprint density at radius 2 is 2.00 bits per heavy atom. The van der Waals surface area contributed by atoms with Crippen molar-refractivity contribution in [2.24, 2.45) is 0 Å². The number of nitrogens with one attached hydrogen (secondary N) is 1. The largest absolute Gasteiger partial charge is 0.374 e. The second-order valence-electron chi connectivity index (χ2n) is 1.95. The van der Waals surface area contributed by atoms with Crippen LogP contribution in [0.1, 0.15) is 0 Å². The molecular formula is C8H9NS2. The second-order valence-corrected chi connectivity index (χ2v) is 3.70. The Kier molecular flexibility index (Phi) is 3.39. The van der Waals surface area contributed by atoms with Crippen LogP contribution in [0.15, 0.2) is 35.2 Å². The summed E-state index contributed by atoms with van der Waals surface area (Å²) < 4.78 is 0.802. The minimum Gasteiger partial charge on any atom is -0.374 e. The Morgan fingerprint density at radius 3 is 2.55 bits per heavy atom. The Bertz CT molecular complexity index is 233. The highest BCUT2D eigenvalue weighted by Gasteiger charge is 1.94. The maximum absolute atomic E-state index is 4.99. The maximum atomic E-state index is 4.99. The van der Waals surface area contributed by atoms with Crippen molar-refractivity contribution in [1.82, 2.24) is 5.32 Å². The molecule has 1 rings (SSSR count). The van der Waals surface area contributed by atoms with Gasteiger partial charge in [-0.3, -0.25) is 0 Å². The first-order valence-corrected chi connectivity index (χ1v) is 4.50. The van der Waals surface area contributed by atoms with Crippen LogP contribution >= 0.6 is 24.0 Å². The van der Waals surface area contributed by atoms with E-state index in [0.717, 1.165) is 4.32 Å². The molecule has 1 aromatic carbocycles. The van der Waals surface area contributed by atoms with E-state index in [1.54, 1.807) is 11.8 Å². The van der Waals surface area contributed by atoms with Crippen LogP contribution in [0.5, 0.6) is 0 Å². The molecule has 3 heteroatoms. The van der Waals surface area contributed by atoms with Gasteiger partial charge in [0.15, 0.2) is 0 Å². The molecular weight excluding hydrogens is 174 g/mol. The van der Waals surface area contributed by atoms with E-state index in [4.69, 9.17) is 12.2 Å². The molecule has 0 aliphatic rings. The van der Waals surface area contributed by atoms with Crippen molar-refractivity contribution in [3.05, 3.63) is 30.3 Å². The fourth-order valence-electron chi connectivity index (χ4n) is 0.647. The Balaban J connectivity index is 2.58. The molecule has 0 atom stereocenters. The number of hydrogen-bond donors (Lipinski definition) is 1. The maximum Gasteiger partial charge on any atom is 0.138 e. The molecule has 0 radical (unpaired) electrons. The third-order valence-electron chi connectivity index (χ3n) is 1.16. The van der Waals surface area contributed by atoms with Crippen molar-refractivity contribution >= 4 is 28.3 Å². The van der Waals surface area contributed by atoms with Crippen molar-refractivity contribution < 1.29 is 0 Å². The van der Waals surface area contributed by atoms with E-state index in [-0.39, 0.29) is 0 Å². The molecule has 0 aliphatic carbocycles. The summed E-state index contributed by atoms with van der Waals surface area (Å²) in [6, 6.07) is 10.1. The normalized spacial score (nSPS) is 9.18. The predicted octanol–water partition coefficient (Wildman–Crippen LogP) is 2.28. The molecule has 0 heterocycles. The first-order chi connectivity index (χ1) is 5.33. The minimum atomic E-state index is 0.802. The lowest BCUT2D eigenvalue weighted by atomic mass is 10.4. The third-order valence-corrected chi connectivity index (χ3v) is 2.51. The summed E-state index contributed by atoms with van der Waals surface area (Å²) in [5.41, 5.74) is 0. The summed E-state index contributed by atoms with van der Waals surface area (Å²) in [4.78, 5) is 1.17. The van der Waals surface area contributed by atoms with Gasteiger partial charge in [-0.05, 0) is 12.1 Å². The molecule has 0 spiro atoms. The van der Waals surface area contributed by atoms with E-state index in [0.29, 0.717) is 0 Å². The van der Waals surface area contributed by atoms with Gasteiger partial charge < -0.3 is 5.32 Å². The van der Waals surface area contributed by atoms with E-state index < -0.39 is 0 Å². The Labute approximate surface area is 76.2 Å². The summed E-state index contributed by atoms with van der Waals surface area (Å²) in [7, 11) is 1.83. The summed E-state index contributed by atoms with van der Waals surface area (Å²) in [6.45, 7) is 0. The highest BCUT2D eigenvalue weighted by Crippen LogP contribution is 2.16. The highest BCUT2D eigenvalue weighted by molar-refractivity contribution is 8.23. The topological polar surface area (TPSA) is 12.0 Å². The lowest BCUT2D eigenvalue weighted by Crippen LogP contribution is -2.10. The van der Waals surface area contributed by atoms with Gasteiger partial charge in [0.1, 0.15) is 4.32 Å². The summed E-state index contributed by atoms with van der Waals surface area (Å²) in [5.74, 6) is 0. The van der Waals surface area contributed by atoms with Gasteiger partial charge in [0.2, 0.25) is 0 Å². The number of thioether (sulfide) groups is 1. The van der Waals surface area contributed by atoms with Crippen molar-refractivity contribution in [2.45, 2.75) is 4.90 Å². The van der Waals surface area contributed by atoms with Crippen molar-refractivity contribution in [3.8, 4) is 0 Å². The number of benzene rings is 1. The van der Waals surface area contributed by atoms with E-state index in [2.05, 4.69) is 5.32 Å². The lowest BCUT2D eigenvalue weighted by molar-refractivity contribution is 1.23. The van der Waals surface area contributed by atoms with Crippen LogP contribution < -0.4 is 5.32 Å². The van der Waals surface area contributed by atoms with Gasteiger partial charge in [-0.1, -0.05) is 42.2 Å². The van der Waals surface area contributed by atoms with Crippen LogP contribution in [0.25, 0.3) is 0 Å². The number of rotatable bonds is 1. The molecule has 0 aliphatic heterocycles. The van der Waals surface area contributed by atoms with E-state index in [9.17, 15) is 0 Å². The molecule has 1 N–H and O–H groups in total. The van der Waals surface area contributed by atoms with Gasteiger partial charge in [0, 0.05) is 11.9 Å². The monoisotopic (exact) mass is 183 g/mol. The first kappa shape index (κ1) is 8.56.